The van der Waals surface area contributed by atoms with Crippen molar-refractivity contribution in [3.63, 3.8) is 0 Å². The summed E-state index contributed by atoms with van der Waals surface area (Å²) in [6.45, 7) is 5.31. The molecule has 9 nitrogen and oxygen atoms in total. The number of carbonyl (C=O) groups is 2. The molecule has 0 bridgehead atoms. The van der Waals surface area contributed by atoms with Gasteiger partial charge in [0, 0.05) is 32.8 Å². The Hall–Kier alpha value is -2.76. The first-order valence-corrected chi connectivity index (χ1v) is 13.0. The summed E-state index contributed by atoms with van der Waals surface area (Å²) in [6, 6.07) is 2.69. The Morgan fingerprint density at radius 1 is 1.16 bits per heavy atom. The molecule has 0 aromatic heterocycles. The number of aliphatic hydroxyl groups is 1. The lowest BCUT2D eigenvalue weighted by Gasteiger charge is -2.48. The predicted molar refractivity (Wildman–Crippen MR) is 136 cm³/mol. The lowest BCUT2D eigenvalue weighted by molar-refractivity contribution is -0.166. The highest BCUT2D eigenvalue weighted by Gasteiger charge is 2.53. The third-order valence-corrected chi connectivity index (χ3v) is 7.14. The fourth-order valence-electron chi connectivity index (χ4n) is 4.82. The van der Waals surface area contributed by atoms with E-state index in [2.05, 4.69) is 0 Å². The molecule has 1 fully saturated rings. The molecule has 0 saturated heterocycles. The van der Waals surface area contributed by atoms with Crippen LogP contribution in [0, 0.1) is 17.6 Å². The molecule has 1 spiro atoms. The van der Waals surface area contributed by atoms with E-state index in [0.29, 0.717) is 32.5 Å². The van der Waals surface area contributed by atoms with Crippen molar-refractivity contribution < 1.29 is 37.7 Å². The van der Waals surface area contributed by atoms with Crippen molar-refractivity contribution in [1.29, 1.82) is 0 Å². The van der Waals surface area contributed by atoms with Gasteiger partial charge < -0.3 is 24.2 Å². The van der Waals surface area contributed by atoms with Gasteiger partial charge in [0.15, 0.2) is 17.1 Å². The van der Waals surface area contributed by atoms with Gasteiger partial charge in [-0.15, -0.1) is 0 Å². The normalized spacial score (nSPS) is 17.8. The Morgan fingerprint density at radius 2 is 1.82 bits per heavy atom. The zero-order chi connectivity index (χ0) is 28.0. The number of hydrogen-bond acceptors (Lipinski definition) is 8. The molecule has 0 radical (unpaired) electrons. The van der Waals surface area contributed by atoms with Gasteiger partial charge in [-0.25, -0.2) is 14.2 Å². The number of amides is 1. The predicted octanol–water partition coefficient (Wildman–Crippen LogP) is 3.43. The van der Waals surface area contributed by atoms with Crippen molar-refractivity contribution >= 4 is 11.9 Å². The summed E-state index contributed by atoms with van der Waals surface area (Å²) in [5.41, 5.74) is -1.53. The molecule has 1 N–H and O–H groups in total. The molecule has 3 rings (SSSR count). The number of esters is 1. The Morgan fingerprint density at radius 3 is 2.45 bits per heavy atom. The van der Waals surface area contributed by atoms with Crippen LogP contribution < -0.4 is 4.74 Å². The quantitative estimate of drug-likeness (QED) is 0.319. The summed E-state index contributed by atoms with van der Waals surface area (Å²) in [4.78, 5) is 28.2. The molecule has 2 aliphatic rings. The summed E-state index contributed by atoms with van der Waals surface area (Å²) < 4.78 is 45.8. The number of carbonyl (C=O) groups excluding carboxylic acids is 2. The molecular weight excluding hydrogens is 500 g/mol. The summed E-state index contributed by atoms with van der Waals surface area (Å²) in [7, 11) is 5.08. The molecule has 11 heteroatoms. The maximum Gasteiger partial charge on any atom is 0.347 e. The summed E-state index contributed by atoms with van der Waals surface area (Å²) in [5.74, 6) is -4.56. The van der Waals surface area contributed by atoms with Crippen LogP contribution in [0.15, 0.2) is 23.5 Å². The second kappa shape index (κ2) is 12.9. The highest BCUT2D eigenvalue weighted by molar-refractivity contribution is 6.17. The number of nitrogens with zero attached hydrogens (tertiary/aromatic N) is 3. The van der Waals surface area contributed by atoms with Crippen molar-refractivity contribution in [2.45, 2.75) is 51.6 Å². The van der Waals surface area contributed by atoms with E-state index in [1.165, 1.54) is 17.1 Å². The Kier molecular flexibility index (Phi) is 10.1. The number of aliphatic hydroxyl groups excluding tert-OH is 1. The van der Waals surface area contributed by atoms with Gasteiger partial charge >= 0.3 is 5.97 Å². The van der Waals surface area contributed by atoms with Gasteiger partial charge in [-0.1, -0.05) is 32.8 Å². The van der Waals surface area contributed by atoms with Crippen LogP contribution in [0.4, 0.5) is 8.78 Å². The van der Waals surface area contributed by atoms with Crippen molar-refractivity contribution in [1.82, 2.24) is 14.9 Å². The molecule has 1 aromatic carbocycles. The number of hydrazine groups is 1. The van der Waals surface area contributed by atoms with Gasteiger partial charge in [-0.2, -0.15) is 4.39 Å². The highest BCUT2D eigenvalue weighted by atomic mass is 19.2. The van der Waals surface area contributed by atoms with Crippen LogP contribution in [-0.4, -0.2) is 91.6 Å². The van der Waals surface area contributed by atoms with Gasteiger partial charge in [0.25, 0.3) is 5.91 Å². The van der Waals surface area contributed by atoms with Crippen LogP contribution in [0.25, 0.3) is 0 Å². The number of methoxy groups -OCH3 is 1. The van der Waals surface area contributed by atoms with Crippen molar-refractivity contribution in [2.75, 3.05) is 54.1 Å². The minimum Gasteiger partial charge on any atom is -0.509 e. The first-order chi connectivity index (χ1) is 18.0. The van der Waals surface area contributed by atoms with Crippen LogP contribution in [0.5, 0.6) is 5.75 Å². The average Bonchev–Trinajstić information content (AvgIpc) is 3.38. The lowest BCUT2D eigenvalue weighted by Crippen LogP contribution is -2.61. The fraction of sp³-hybridized carbons (Fsp3) is 0.630. The third-order valence-electron chi connectivity index (χ3n) is 7.14. The number of likely N-dealkylation sites (N-methyl/N-ethyl adjacent to an activating group) is 2. The SMILES string of the molecule is COCCN(C)CCOc1ccc(CN2C(=O)C(C(=O)OCC(C)C)=C(O)C3(CCCC3)N2C)c(F)c1F. The lowest BCUT2D eigenvalue weighted by atomic mass is 9.88. The summed E-state index contributed by atoms with van der Waals surface area (Å²) in [6.07, 6.45) is 2.56. The van der Waals surface area contributed by atoms with Gasteiger partial charge in [0.1, 0.15) is 12.4 Å². The number of ether oxygens (including phenoxy) is 3. The molecule has 0 atom stereocenters. The number of benzene rings is 1. The number of rotatable bonds is 12. The molecule has 1 aliphatic heterocycles. The van der Waals surface area contributed by atoms with E-state index in [-0.39, 0.29) is 42.7 Å². The van der Waals surface area contributed by atoms with E-state index < -0.39 is 34.6 Å². The van der Waals surface area contributed by atoms with Crippen molar-refractivity contribution in [3.05, 3.63) is 40.7 Å². The molecule has 0 unspecified atom stereocenters. The first-order valence-electron chi connectivity index (χ1n) is 13.0. The smallest absolute Gasteiger partial charge is 0.347 e. The first kappa shape index (κ1) is 29.8. The minimum absolute atomic E-state index is 0.0307. The van der Waals surface area contributed by atoms with E-state index in [1.807, 2.05) is 25.8 Å². The summed E-state index contributed by atoms with van der Waals surface area (Å²) >= 11 is 0. The second-order valence-electron chi connectivity index (χ2n) is 10.3. The van der Waals surface area contributed by atoms with Crippen LogP contribution in [0.1, 0.15) is 45.1 Å². The standard InChI is InChI=1S/C27H39F2N3O6/c1-18(2)17-38-26(35)21-24(33)27(10-6-7-11-27)31(4)32(25(21)34)16-19-8-9-20(23(29)22(19)28)37-15-13-30(3)12-14-36-5/h8-9,18,33H,6-7,10-17H2,1-5H3. The average molecular weight is 540 g/mol. The molecule has 212 valence electrons. The third kappa shape index (κ3) is 6.27. The van der Waals surface area contributed by atoms with E-state index in [0.717, 1.165) is 12.8 Å². The van der Waals surface area contributed by atoms with E-state index >= 15 is 4.39 Å². The largest absolute Gasteiger partial charge is 0.509 e. The fourth-order valence-corrected chi connectivity index (χ4v) is 4.82. The van der Waals surface area contributed by atoms with Gasteiger partial charge in [-0.3, -0.25) is 9.80 Å². The maximum atomic E-state index is 15.1. The molecule has 1 aromatic rings. The molecule has 38 heavy (non-hydrogen) atoms. The van der Waals surface area contributed by atoms with Crippen LogP contribution in [0.3, 0.4) is 0 Å². The molecular formula is C27H39F2N3O6. The second-order valence-corrected chi connectivity index (χ2v) is 10.3. The summed E-state index contributed by atoms with van der Waals surface area (Å²) in [5, 5.41) is 13.8. The van der Waals surface area contributed by atoms with Gasteiger partial charge in [0.05, 0.1) is 25.3 Å². The Bertz CT molecular complexity index is 1040. The molecule has 1 saturated carbocycles. The Balaban J connectivity index is 1.82. The molecule has 1 aliphatic carbocycles. The molecule has 1 heterocycles. The number of hydrogen-bond donors (Lipinski definition) is 1. The number of halogens is 2. The van der Waals surface area contributed by atoms with Crippen molar-refractivity contribution in [2.24, 2.45) is 5.92 Å². The van der Waals surface area contributed by atoms with Crippen LogP contribution in [0.2, 0.25) is 0 Å². The van der Waals surface area contributed by atoms with E-state index in [4.69, 9.17) is 14.2 Å². The highest BCUT2D eigenvalue weighted by Crippen LogP contribution is 2.45. The molecule has 1 amide bonds. The topological polar surface area (TPSA) is 91.8 Å². The Labute approximate surface area is 222 Å². The van der Waals surface area contributed by atoms with Crippen LogP contribution >= 0.6 is 0 Å². The minimum atomic E-state index is -1.15. The van der Waals surface area contributed by atoms with E-state index in [9.17, 15) is 19.1 Å². The van der Waals surface area contributed by atoms with Gasteiger partial charge in [0.2, 0.25) is 5.82 Å². The van der Waals surface area contributed by atoms with Crippen LogP contribution in [-0.2, 0) is 25.6 Å². The monoisotopic (exact) mass is 539 g/mol. The van der Waals surface area contributed by atoms with E-state index in [1.54, 1.807) is 19.2 Å². The zero-order valence-electron chi connectivity index (χ0n) is 22.9. The van der Waals surface area contributed by atoms with Gasteiger partial charge in [-0.05, 0) is 31.9 Å². The van der Waals surface area contributed by atoms with Crippen molar-refractivity contribution in [3.8, 4) is 5.75 Å². The zero-order valence-corrected chi connectivity index (χ0v) is 22.9. The maximum absolute atomic E-state index is 15.1.